The average molecular weight is 320 g/mol. The molecule has 24 heavy (non-hydrogen) atoms. The molecule has 0 radical (unpaired) electrons. The molecule has 120 valence electrons. The second kappa shape index (κ2) is 6.29. The van der Waals surface area contributed by atoms with Crippen LogP contribution in [-0.2, 0) is 24.5 Å². The Morgan fingerprint density at radius 1 is 1.04 bits per heavy atom. The van der Waals surface area contributed by atoms with Crippen LogP contribution in [0, 0.1) is 0 Å². The SMILES string of the molecule is O=C(NCc1cc(-c2ccccc2)no1)c1ccc2c(c1)COC2. The molecule has 0 spiro atoms. The minimum absolute atomic E-state index is 0.137. The Hall–Kier alpha value is -2.92. The number of hydrogen-bond acceptors (Lipinski definition) is 4. The van der Waals surface area contributed by atoms with E-state index in [9.17, 15) is 4.79 Å². The van der Waals surface area contributed by atoms with Crippen LogP contribution < -0.4 is 5.32 Å². The zero-order valence-electron chi connectivity index (χ0n) is 13.0. The molecule has 0 atom stereocenters. The second-order valence-electron chi connectivity index (χ2n) is 5.70. The van der Waals surface area contributed by atoms with Gasteiger partial charge in [-0.3, -0.25) is 4.79 Å². The fourth-order valence-electron chi connectivity index (χ4n) is 2.72. The second-order valence-corrected chi connectivity index (χ2v) is 5.70. The Labute approximate surface area is 139 Å². The number of aromatic nitrogens is 1. The topological polar surface area (TPSA) is 64.4 Å². The molecule has 2 aromatic carbocycles. The van der Waals surface area contributed by atoms with Crippen molar-refractivity contribution in [2.45, 2.75) is 19.8 Å². The fraction of sp³-hybridized carbons (Fsp3) is 0.158. The number of ether oxygens (including phenoxy) is 1. The molecule has 3 aromatic rings. The van der Waals surface area contributed by atoms with Gasteiger partial charge in [0, 0.05) is 17.2 Å². The summed E-state index contributed by atoms with van der Waals surface area (Å²) in [4.78, 5) is 12.3. The van der Waals surface area contributed by atoms with Gasteiger partial charge in [-0.1, -0.05) is 41.6 Å². The van der Waals surface area contributed by atoms with Gasteiger partial charge in [0.2, 0.25) is 0 Å². The predicted octanol–water partition coefficient (Wildman–Crippen LogP) is 3.30. The molecular formula is C19H16N2O3. The van der Waals surface area contributed by atoms with Gasteiger partial charge in [0.1, 0.15) is 5.69 Å². The summed E-state index contributed by atoms with van der Waals surface area (Å²) < 4.78 is 10.7. The first-order chi connectivity index (χ1) is 11.8. The number of nitrogens with zero attached hydrogens (tertiary/aromatic N) is 1. The van der Waals surface area contributed by atoms with Crippen molar-refractivity contribution >= 4 is 5.91 Å². The van der Waals surface area contributed by atoms with Gasteiger partial charge in [-0.05, 0) is 23.3 Å². The number of hydrogen-bond donors (Lipinski definition) is 1. The standard InChI is InChI=1S/C19H16N2O3/c22-19(14-6-7-15-11-23-12-16(15)8-14)20-10-17-9-18(21-24-17)13-4-2-1-3-5-13/h1-9H,10-12H2,(H,20,22). The van der Waals surface area contributed by atoms with E-state index in [1.54, 1.807) is 0 Å². The lowest BCUT2D eigenvalue weighted by molar-refractivity contribution is 0.0947. The summed E-state index contributed by atoms with van der Waals surface area (Å²) in [5, 5.41) is 6.90. The minimum atomic E-state index is -0.137. The molecule has 0 unspecified atom stereocenters. The summed E-state index contributed by atoms with van der Waals surface area (Å²) >= 11 is 0. The number of fused-ring (bicyclic) bond motifs is 1. The lowest BCUT2D eigenvalue weighted by Crippen LogP contribution is -2.22. The predicted molar refractivity (Wildman–Crippen MR) is 88.0 cm³/mol. The van der Waals surface area contributed by atoms with Crippen LogP contribution in [-0.4, -0.2) is 11.1 Å². The van der Waals surface area contributed by atoms with Gasteiger partial charge < -0.3 is 14.6 Å². The van der Waals surface area contributed by atoms with Gasteiger partial charge in [0.25, 0.3) is 5.91 Å². The third kappa shape index (κ3) is 2.94. The number of rotatable bonds is 4. The number of carbonyl (C=O) groups excluding carboxylic acids is 1. The summed E-state index contributed by atoms with van der Waals surface area (Å²) in [6, 6.07) is 17.3. The molecule has 4 rings (SSSR count). The van der Waals surface area contributed by atoms with Crippen molar-refractivity contribution in [2.24, 2.45) is 0 Å². The number of amides is 1. The molecule has 1 amide bonds. The van der Waals surface area contributed by atoms with E-state index in [2.05, 4.69) is 10.5 Å². The zero-order chi connectivity index (χ0) is 16.4. The Balaban J connectivity index is 1.42. The highest BCUT2D eigenvalue weighted by Crippen LogP contribution is 2.21. The summed E-state index contributed by atoms with van der Waals surface area (Å²) in [7, 11) is 0. The van der Waals surface area contributed by atoms with Crippen molar-refractivity contribution in [3.63, 3.8) is 0 Å². The van der Waals surface area contributed by atoms with E-state index < -0.39 is 0 Å². The lowest BCUT2D eigenvalue weighted by atomic mass is 10.1. The van der Waals surface area contributed by atoms with E-state index in [0.717, 1.165) is 22.4 Å². The molecule has 1 aliphatic heterocycles. The first kappa shape index (κ1) is 14.7. The Bertz CT molecular complexity index is 871. The van der Waals surface area contributed by atoms with Gasteiger partial charge in [0.15, 0.2) is 5.76 Å². The zero-order valence-corrected chi connectivity index (χ0v) is 13.0. The van der Waals surface area contributed by atoms with Crippen molar-refractivity contribution in [2.75, 3.05) is 0 Å². The fourth-order valence-corrected chi connectivity index (χ4v) is 2.72. The van der Waals surface area contributed by atoms with Crippen molar-refractivity contribution in [3.05, 3.63) is 77.0 Å². The maximum Gasteiger partial charge on any atom is 0.251 e. The van der Waals surface area contributed by atoms with E-state index in [0.29, 0.717) is 31.1 Å². The molecular weight excluding hydrogens is 304 g/mol. The highest BCUT2D eigenvalue weighted by atomic mass is 16.5. The van der Waals surface area contributed by atoms with Crippen LogP contribution in [0.25, 0.3) is 11.3 Å². The molecule has 0 bridgehead atoms. The van der Waals surface area contributed by atoms with Crippen LogP contribution in [0.5, 0.6) is 0 Å². The first-order valence-electron chi connectivity index (χ1n) is 7.78. The van der Waals surface area contributed by atoms with Gasteiger partial charge in [-0.2, -0.15) is 0 Å². The van der Waals surface area contributed by atoms with Crippen molar-refractivity contribution < 1.29 is 14.1 Å². The molecule has 2 heterocycles. The quantitative estimate of drug-likeness (QED) is 0.801. The smallest absolute Gasteiger partial charge is 0.251 e. The van der Waals surface area contributed by atoms with Crippen LogP contribution >= 0.6 is 0 Å². The highest BCUT2D eigenvalue weighted by Gasteiger charge is 2.15. The maximum absolute atomic E-state index is 12.3. The summed E-state index contributed by atoms with van der Waals surface area (Å²) in [6.07, 6.45) is 0. The largest absolute Gasteiger partial charge is 0.372 e. The first-order valence-corrected chi connectivity index (χ1v) is 7.78. The third-order valence-corrected chi connectivity index (χ3v) is 4.04. The van der Waals surface area contributed by atoms with E-state index in [1.807, 2.05) is 54.6 Å². The van der Waals surface area contributed by atoms with Crippen LogP contribution in [0.1, 0.15) is 27.2 Å². The molecule has 0 saturated carbocycles. The normalized spacial score (nSPS) is 12.8. The summed E-state index contributed by atoms with van der Waals surface area (Å²) in [5.41, 5.74) is 4.59. The molecule has 1 N–H and O–H groups in total. The van der Waals surface area contributed by atoms with E-state index >= 15 is 0 Å². The third-order valence-electron chi connectivity index (χ3n) is 4.04. The number of nitrogens with one attached hydrogen (secondary N) is 1. The van der Waals surface area contributed by atoms with Gasteiger partial charge in [-0.25, -0.2) is 0 Å². The van der Waals surface area contributed by atoms with Crippen LogP contribution in [0.15, 0.2) is 59.1 Å². The summed E-state index contributed by atoms with van der Waals surface area (Å²) in [6.45, 7) is 1.49. The molecule has 0 fully saturated rings. The summed E-state index contributed by atoms with van der Waals surface area (Å²) in [5.74, 6) is 0.481. The van der Waals surface area contributed by atoms with Crippen LogP contribution in [0.2, 0.25) is 0 Å². The Kier molecular flexibility index (Phi) is 3.84. The van der Waals surface area contributed by atoms with Gasteiger partial charge in [-0.15, -0.1) is 0 Å². The maximum atomic E-state index is 12.3. The molecule has 5 nitrogen and oxygen atoms in total. The van der Waals surface area contributed by atoms with Crippen LogP contribution in [0.3, 0.4) is 0 Å². The van der Waals surface area contributed by atoms with Crippen molar-refractivity contribution in [1.29, 1.82) is 0 Å². The molecule has 0 aliphatic carbocycles. The molecule has 0 saturated heterocycles. The number of benzene rings is 2. The Morgan fingerprint density at radius 3 is 2.75 bits per heavy atom. The van der Waals surface area contributed by atoms with Crippen LogP contribution in [0.4, 0.5) is 0 Å². The highest BCUT2D eigenvalue weighted by molar-refractivity contribution is 5.94. The molecule has 1 aromatic heterocycles. The Morgan fingerprint density at radius 2 is 1.88 bits per heavy atom. The van der Waals surface area contributed by atoms with E-state index in [1.165, 1.54) is 0 Å². The van der Waals surface area contributed by atoms with E-state index in [-0.39, 0.29) is 5.91 Å². The monoisotopic (exact) mass is 320 g/mol. The number of carbonyl (C=O) groups is 1. The van der Waals surface area contributed by atoms with Crippen molar-refractivity contribution in [3.8, 4) is 11.3 Å². The van der Waals surface area contributed by atoms with Crippen molar-refractivity contribution in [1.82, 2.24) is 10.5 Å². The lowest BCUT2D eigenvalue weighted by Gasteiger charge is -2.04. The van der Waals surface area contributed by atoms with E-state index in [4.69, 9.17) is 9.26 Å². The molecule has 5 heteroatoms. The average Bonchev–Trinajstić information content (AvgIpc) is 3.29. The van der Waals surface area contributed by atoms with Gasteiger partial charge >= 0.3 is 0 Å². The molecule has 1 aliphatic rings. The van der Waals surface area contributed by atoms with Gasteiger partial charge in [0.05, 0.1) is 19.8 Å². The minimum Gasteiger partial charge on any atom is -0.372 e.